The summed E-state index contributed by atoms with van der Waals surface area (Å²) in [7, 11) is 0. The average Bonchev–Trinajstić information content (AvgIpc) is 2.66. The first kappa shape index (κ1) is 20.7. The molecule has 0 aliphatic carbocycles. The fourth-order valence-corrected chi connectivity index (χ4v) is 3.43. The van der Waals surface area contributed by atoms with Crippen LogP contribution in [0, 0.1) is 0 Å². The van der Waals surface area contributed by atoms with Crippen molar-refractivity contribution in [2.45, 2.75) is 77.6 Å². The third-order valence-electron chi connectivity index (χ3n) is 5.02. The molecule has 144 valence electrons. The van der Waals surface area contributed by atoms with E-state index < -0.39 is 0 Å². The van der Waals surface area contributed by atoms with Crippen molar-refractivity contribution < 1.29 is 4.74 Å². The van der Waals surface area contributed by atoms with Gasteiger partial charge < -0.3 is 10.5 Å². The molecule has 0 saturated heterocycles. The molecule has 26 heavy (non-hydrogen) atoms. The minimum Gasteiger partial charge on any atom is -0.398 e. The largest absolute Gasteiger partial charge is 0.398 e. The van der Waals surface area contributed by atoms with Crippen LogP contribution in [-0.4, -0.2) is 18.2 Å². The van der Waals surface area contributed by atoms with Crippen LogP contribution < -0.4 is 5.73 Å². The van der Waals surface area contributed by atoms with Crippen LogP contribution in [-0.2, 0) is 11.2 Å². The minimum absolute atomic E-state index is 0.846. The first-order chi connectivity index (χ1) is 12.8. The van der Waals surface area contributed by atoms with Crippen molar-refractivity contribution in [3.05, 3.63) is 36.2 Å². The van der Waals surface area contributed by atoms with Gasteiger partial charge in [0.2, 0.25) is 0 Å². The lowest BCUT2D eigenvalue weighted by atomic mass is 10.0. The van der Waals surface area contributed by atoms with Crippen LogP contribution >= 0.6 is 0 Å². The fraction of sp³-hybridized carbons (Fsp3) is 0.609. The van der Waals surface area contributed by atoms with Gasteiger partial charge in [0.1, 0.15) is 0 Å². The van der Waals surface area contributed by atoms with Gasteiger partial charge in [0, 0.05) is 41.6 Å². The molecular formula is C23H36N2O. The average molecular weight is 357 g/mol. The summed E-state index contributed by atoms with van der Waals surface area (Å²) < 4.78 is 5.70. The molecule has 1 aromatic heterocycles. The van der Waals surface area contributed by atoms with Crippen molar-refractivity contribution >= 4 is 16.5 Å². The number of aryl methyl sites for hydroxylation is 1. The molecule has 3 heteroatoms. The van der Waals surface area contributed by atoms with Gasteiger partial charge in [-0.2, -0.15) is 0 Å². The Hall–Kier alpha value is -1.61. The summed E-state index contributed by atoms with van der Waals surface area (Å²) in [6.07, 6.45) is 15.7. The van der Waals surface area contributed by atoms with E-state index in [0.717, 1.165) is 30.7 Å². The van der Waals surface area contributed by atoms with Gasteiger partial charge in [0.25, 0.3) is 0 Å². The summed E-state index contributed by atoms with van der Waals surface area (Å²) in [5.74, 6) is 0. The standard InChI is InChI=1S/C23H36N2O/c1-2-3-4-10-18-26-19-11-8-6-5-7-9-15-23-21-13-12-14-22(24)20(21)16-17-25-23/h12-14,16-17H,2-11,15,18-19,24H2,1H3. The molecule has 0 bridgehead atoms. The Bertz CT molecular complexity index is 627. The lowest BCUT2D eigenvalue weighted by molar-refractivity contribution is 0.125. The molecule has 0 fully saturated rings. The summed E-state index contributed by atoms with van der Waals surface area (Å²) in [5.41, 5.74) is 8.09. The second-order valence-corrected chi connectivity index (χ2v) is 7.24. The van der Waals surface area contributed by atoms with E-state index in [4.69, 9.17) is 10.5 Å². The molecule has 0 atom stereocenters. The van der Waals surface area contributed by atoms with Crippen LogP contribution in [0.25, 0.3) is 10.8 Å². The molecule has 1 aromatic carbocycles. The van der Waals surface area contributed by atoms with E-state index in [1.54, 1.807) is 0 Å². The van der Waals surface area contributed by atoms with Crippen molar-refractivity contribution in [2.75, 3.05) is 18.9 Å². The smallest absolute Gasteiger partial charge is 0.0482 e. The molecular weight excluding hydrogens is 320 g/mol. The molecule has 0 aliphatic heterocycles. The van der Waals surface area contributed by atoms with E-state index in [1.165, 1.54) is 75.3 Å². The van der Waals surface area contributed by atoms with E-state index in [9.17, 15) is 0 Å². The van der Waals surface area contributed by atoms with Crippen LogP contribution in [0.15, 0.2) is 30.5 Å². The molecule has 0 amide bonds. The van der Waals surface area contributed by atoms with Crippen LogP contribution in [0.1, 0.15) is 76.8 Å². The zero-order chi connectivity index (χ0) is 18.5. The van der Waals surface area contributed by atoms with Crippen molar-refractivity contribution in [1.82, 2.24) is 4.98 Å². The number of benzene rings is 1. The SMILES string of the molecule is CCCCCCOCCCCCCCCc1nccc2c(N)cccc12. The lowest BCUT2D eigenvalue weighted by Gasteiger charge is -2.07. The predicted octanol–water partition coefficient (Wildman–Crippen LogP) is 6.30. The normalized spacial score (nSPS) is 11.3. The number of hydrogen-bond acceptors (Lipinski definition) is 3. The molecule has 2 aromatic rings. The van der Waals surface area contributed by atoms with E-state index in [0.29, 0.717) is 0 Å². The summed E-state index contributed by atoms with van der Waals surface area (Å²) in [4.78, 5) is 4.57. The van der Waals surface area contributed by atoms with Gasteiger partial charge >= 0.3 is 0 Å². The zero-order valence-corrected chi connectivity index (χ0v) is 16.5. The highest BCUT2D eigenvalue weighted by Gasteiger charge is 2.04. The third kappa shape index (κ3) is 7.33. The van der Waals surface area contributed by atoms with Crippen molar-refractivity contribution in [1.29, 1.82) is 0 Å². The van der Waals surface area contributed by atoms with Gasteiger partial charge in [0.15, 0.2) is 0 Å². The Morgan fingerprint density at radius 2 is 1.50 bits per heavy atom. The highest BCUT2D eigenvalue weighted by molar-refractivity contribution is 5.93. The Morgan fingerprint density at radius 1 is 0.808 bits per heavy atom. The van der Waals surface area contributed by atoms with Crippen LogP contribution in [0.3, 0.4) is 0 Å². The van der Waals surface area contributed by atoms with Crippen molar-refractivity contribution in [3.63, 3.8) is 0 Å². The molecule has 3 nitrogen and oxygen atoms in total. The van der Waals surface area contributed by atoms with Gasteiger partial charge in [-0.05, 0) is 37.8 Å². The van der Waals surface area contributed by atoms with Crippen LogP contribution in [0.2, 0.25) is 0 Å². The molecule has 2 rings (SSSR count). The number of nitrogen functional groups attached to an aromatic ring is 1. The van der Waals surface area contributed by atoms with Crippen LogP contribution in [0.5, 0.6) is 0 Å². The number of nitrogens with zero attached hydrogens (tertiary/aromatic N) is 1. The molecule has 1 heterocycles. The first-order valence-corrected chi connectivity index (χ1v) is 10.5. The van der Waals surface area contributed by atoms with Gasteiger partial charge in [0.05, 0.1) is 0 Å². The van der Waals surface area contributed by atoms with E-state index in [-0.39, 0.29) is 0 Å². The maximum absolute atomic E-state index is 6.06. The fourth-order valence-electron chi connectivity index (χ4n) is 3.43. The number of aromatic nitrogens is 1. The molecule has 0 radical (unpaired) electrons. The minimum atomic E-state index is 0.846. The number of hydrogen-bond donors (Lipinski definition) is 1. The van der Waals surface area contributed by atoms with E-state index in [1.807, 2.05) is 24.4 Å². The molecule has 0 spiro atoms. The second-order valence-electron chi connectivity index (χ2n) is 7.24. The zero-order valence-electron chi connectivity index (χ0n) is 16.5. The number of ether oxygens (including phenoxy) is 1. The topological polar surface area (TPSA) is 48.1 Å². The maximum atomic E-state index is 6.06. The number of fused-ring (bicyclic) bond motifs is 1. The molecule has 2 N–H and O–H groups in total. The molecule has 0 saturated carbocycles. The number of anilines is 1. The summed E-state index contributed by atoms with van der Waals surface area (Å²) >= 11 is 0. The van der Waals surface area contributed by atoms with Crippen molar-refractivity contribution in [3.8, 4) is 0 Å². The van der Waals surface area contributed by atoms with Gasteiger partial charge in [-0.3, -0.25) is 4.98 Å². The predicted molar refractivity (Wildman–Crippen MR) is 113 cm³/mol. The summed E-state index contributed by atoms with van der Waals surface area (Å²) in [6.45, 7) is 4.13. The number of rotatable bonds is 14. The molecule has 0 unspecified atom stereocenters. The Kier molecular flexibility index (Phi) is 10.1. The van der Waals surface area contributed by atoms with E-state index in [2.05, 4.69) is 18.0 Å². The Labute approximate surface area is 159 Å². The lowest BCUT2D eigenvalue weighted by Crippen LogP contribution is -1.97. The number of pyridine rings is 1. The van der Waals surface area contributed by atoms with E-state index >= 15 is 0 Å². The summed E-state index contributed by atoms with van der Waals surface area (Å²) in [6, 6.07) is 8.13. The van der Waals surface area contributed by atoms with Gasteiger partial charge in [-0.25, -0.2) is 0 Å². The maximum Gasteiger partial charge on any atom is 0.0482 e. The Morgan fingerprint density at radius 3 is 2.27 bits per heavy atom. The highest BCUT2D eigenvalue weighted by Crippen LogP contribution is 2.23. The third-order valence-corrected chi connectivity index (χ3v) is 5.02. The summed E-state index contributed by atoms with van der Waals surface area (Å²) in [5, 5.41) is 2.34. The van der Waals surface area contributed by atoms with Crippen LogP contribution in [0.4, 0.5) is 5.69 Å². The Balaban J connectivity index is 1.51. The van der Waals surface area contributed by atoms with Gasteiger partial charge in [-0.1, -0.05) is 64.0 Å². The highest BCUT2D eigenvalue weighted by atomic mass is 16.5. The quantitative estimate of drug-likeness (QED) is 0.319. The first-order valence-electron chi connectivity index (χ1n) is 10.5. The second kappa shape index (κ2) is 12.7. The number of nitrogens with two attached hydrogens (primary N) is 1. The van der Waals surface area contributed by atoms with Gasteiger partial charge in [-0.15, -0.1) is 0 Å². The number of unbranched alkanes of at least 4 members (excludes halogenated alkanes) is 8. The monoisotopic (exact) mass is 356 g/mol. The van der Waals surface area contributed by atoms with Crippen molar-refractivity contribution in [2.24, 2.45) is 0 Å². The molecule has 0 aliphatic rings.